The van der Waals surface area contributed by atoms with Crippen molar-refractivity contribution in [3.8, 4) is 11.1 Å². The van der Waals surface area contributed by atoms with E-state index in [1.54, 1.807) is 15.8 Å². The van der Waals surface area contributed by atoms with Crippen molar-refractivity contribution < 1.29 is 23.8 Å². The van der Waals surface area contributed by atoms with Crippen molar-refractivity contribution in [3.63, 3.8) is 0 Å². The lowest BCUT2D eigenvalue weighted by atomic mass is 9.99. The third kappa shape index (κ3) is 3.94. The van der Waals surface area contributed by atoms with E-state index in [-0.39, 0.29) is 28.8 Å². The Labute approximate surface area is 156 Å². The van der Waals surface area contributed by atoms with E-state index in [1.807, 2.05) is 20.8 Å². The minimum atomic E-state index is -1.12. The number of aryl methyl sites for hydroxylation is 1. The van der Waals surface area contributed by atoms with Gasteiger partial charge in [-0.2, -0.15) is 5.10 Å². The van der Waals surface area contributed by atoms with Crippen LogP contribution in [0.4, 0.5) is 9.18 Å². The van der Waals surface area contributed by atoms with Crippen LogP contribution >= 0.6 is 0 Å². The lowest BCUT2D eigenvalue weighted by molar-refractivity contribution is -0.000396. The Bertz CT molecular complexity index is 895. The van der Waals surface area contributed by atoms with Gasteiger partial charge in [0.05, 0.1) is 17.8 Å². The Balaban J connectivity index is 1.75. The first-order valence-electron chi connectivity index (χ1n) is 8.61. The average Bonchev–Trinajstić information content (AvgIpc) is 2.95. The molecule has 1 aliphatic heterocycles. The highest BCUT2D eigenvalue weighted by molar-refractivity contribution is 5.96. The van der Waals surface area contributed by atoms with Crippen molar-refractivity contribution in [2.24, 2.45) is 0 Å². The first-order valence-corrected chi connectivity index (χ1v) is 8.61. The second kappa shape index (κ2) is 6.68. The maximum absolute atomic E-state index is 13.9. The summed E-state index contributed by atoms with van der Waals surface area (Å²) < 4.78 is 20.9. The minimum absolute atomic E-state index is 0.0254. The summed E-state index contributed by atoms with van der Waals surface area (Å²) in [6.45, 7) is 7.84. The number of carboxylic acid groups (broad SMARTS) is 1. The van der Waals surface area contributed by atoms with Crippen LogP contribution < -0.4 is 0 Å². The van der Waals surface area contributed by atoms with Crippen LogP contribution in [-0.4, -0.2) is 50.5 Å². The SMILES string of the molecule is Cc1cc(C(=O)O)c(-c2cnn(C3CN(C(=O)OC(C)(C)C)C3)c2)cc1F. The fourth-order valence-corrected chi connectivity index (χ4v) is 2.87. The molecule has 0 bridgehead atoms. The average molecular weight is 375 g/mol. The molecule has 8 heteroatoms. The number of halogens is 1. The van der Waals surface area contributed by atoms with E-state index in [1.165, 1.54) is 25.3 Å². The summed E-state index contributed by atoms with van der Waals surface area (Å²) in [6, 6.07) is 2.50. The first kappa shape index (κ1) is 18.9. The maximum Gasteiger partial charge on any atom is 0.410 e. The van der Waals surface area contributed by atoms with Gasteiger partial charge >= 0.3 is 12.1 Å². The number of amides is 1. The predicted octanol–water partition coefficient (Wildman–Crippen LogP) is 3.49. The molecular weight excluding hydrogens is 353 g/mol. The highest BCUT2D eigenvalue weighted by Gasteiger charge is 2.35. The van der Waals surface area contributed by atoms with Crippen molar-refractivity contribution in [2.45, 2.75) is 39.3 Å². The molecular formula is C19H22FN3O4. The van der Waals surface area contributed by atoms with E-state index in [0.717, 1.165) is 0 Å². The number of aromatic nitrogens is 2. The number of benzene rings is 1. The summed E-state index contributed by atoms with van der Waals surface area (Å²) in [5.41, 5.74) is 0.541. The number of carbonyl (C=O) groups excluding carboxylic acids is 1. The molecule has 27 heavy (non-hydrogen) atoms. The van der Waals surface area contributed by atoms with Crippen LogP contribution in [0.15, 0.2) is 24.5 Å². The molecule has 0 aliphatic carbocycles. The number of aromatic carboxylic acids is 1. The predicted molar refractivity (Wildman–Crippen MR) is 96.2 cm³/mol. The van der Waals surface area contributed by atoms with Crippen LogP contribution in [0.3, 0.4) is 0 Å². The van der Waals surface area contributed by atoms with E-state index in [2.05, 4.69) is 5.10 Å². The zero-order valence-electron chi connectivity index (χ0n) is 15.7. The van der Waals surface area contributed by atoms with Gasteiger partial charge in [-0.15, -0.1) is 0 Å². The third-order valence-electron chi connectivity index (χ3n) is 4.33. The number of carboxylic acids is 1. The minimum Gasteiger partial charge on any atom is -0.478 e. The normalized spacial score (nSPS) is 14.8. The van der Waals surface area contributed by atoms with Crippen molar-refractivity contribution >= 4 is 12.1 Å². The van der Waals surface area contributed by atoms with E-state index in [9.17, 15) is 19.1 Å². The Morgan fingerprint density at radius 2 is 1.96 bits per heavy atom. The molecule has 1 aromatic carbocycles. The zero-order valence-corrected chi connectivity index (χ0v) is 15.7. The smallest absolute Gasteiger partial charge is 0.410 e. The molecule has 0 saturated carbocycles. The number of rotatable bonds is 3. The quantitative estimate of drug-likeness (QED) is 0.888. The van der Waals surface area contributed by atoms with Crippen LogP contribution in [-0.2, 0) is 4.74 Å². The van der Waals surface area contributed by atoms with E-state index < -0.39 is 17.4 Å². The summed E-state index contributed by atoms with van der Waals surface area (Å²) in [6.07, 6.45) is 2.81. The number of hydrogen-bond acceptors (Lipinski definition) is 4. The molecule has 0 unspecified atom stereocenters. The van der Waals surface area contributed by atoms with E-state index in [0.29, 0.717) is 18.7 Å². The number of hydrogen-bond donors (Lipinski definition) is 1. The standard InChI is InChI=1S/C19H22FN3O4/c1-11-5-15(17(24)25)14(6-16(11)20)12-7-21-23(8-12)13-9-22(10-13)18(26)27-19(2,3)4/h5-8,13H,9-10H2,1-4H3,(H,24,25). The van der Waals surface area contributed by atoms with Gasteiger partial charge in [0.15, 0.2) is 0 Å². The fraction of sp³-hybridized carbons (Fsp3) is 0.421. The van der Waals surface area contributed by atoms with Gasteiger partial charge in [0.25, 0.3) is 0 Å². The summed E-state index contributed by atoms with van der Waals surface area (Å²) >= 11 is 0. The van der Waals surface area contributed by atoms with Crippen LogP contribution in [0.2, 0.25) is 0 Å². The molecule has 2 aromatic rings. The molecule has 2 heterocycles. The van der Waals surface area contributed by atoms with Gasteiger partial charge in [-0.25, -0.2) is 14.0 Å². The molecule has 1 amide bonds. The second-order valence-electron chi connectivity index (χ2n) is 7.70. The lowest BCUT2D eigenvalue weighted by Crippen LogP contribution is -2.52. The van der Waals surface area contributed by atoms with Crippen LogP contribution in [0.25, 0.3) is 11.1 Å². The van der Waals surface area contributed by atoms with Crippen LogP contribution in [0.5, 0.6) is 0 Å². The van der Waals surface area contributed by atoms with Gasteiger partial charge in [-0.1, -0.05) is 0 Å². The Hall–Kier alpha value is -2.90. The molecule has 1 fully saturated rings. The van der Waals surface area contributed by atoms with Crippen molar-refractivity contribution in [3.05, 3.63) is 41.5 Å². The van der Waals surface area contributed by atoms with Crippen LogP contribution in [0.1, 0.15) is 42.7 Å². The Morgan fingerprint density at radius 3 is 2.56 bits per heavy atom. The second-order valence-corrected chi connectivity index (χ2v) is 7.70. The molecule has 1 aromatic heterocycles. The number of nitrogens with zero attached hydrogens (tertiary/aromatic N) is 3. The van der Waals surface area contributed by atoms with Gasteiger partial charge in [0.2, 0.25) is 0 Å². The molecule has 7 nitrogen and oxygen atoms in total. The maximum atomic E-state index is 13.9. The Morgan fingerprint density at radius 1 is 1.30 bits per heavy atom. The molecule has 144 valence electrons. The monoisotopic (exact) mass is 375 g/mol. The van der Waals surface area contributed by atoms with Gasteiger partial charge in [0.1, 0.15) is 11.4 Å². The molecule has 0 radical (unpaired) electrons. The molecule has 1 N–H and O–H groups in total. The number of ether oxygens (including phenoxy) is 1. The lowest BCUT2D eigenvalue weighted by Gasteiger charge is -2.39. The van der Waals surface area contributed by atoms with Crippen molar-refractivity contribution in [1.82, 2.24) is 14.7 Å². The summed E-state index contributed by atoms with van der Waals surface area (Å²) in [5, 5.41) is 13.7. The molecule has 1 saturated heterocycles. The summed E-state index contributed by atoms with van der Waals surface area (Å²) in [4.78, 5) is 25.1. The van der Waals surface area contributed by atoms with Crippen molar-refractivity contribution in [1.29, 1.82) is 0 Å². The highest BCUT2D eigenvalue weighted by Crippen LogP contribution is 2.29. The van der Waals surface area contributed by atoms with E-state index >= 15 is 0 Å². The highest BCUT2D eigenvalue weighted by atomic mass is 19.1. The molecule has 1 aliphatic rings. The zero-order chi connectivity index (χ0) is 19.9. The molecule has 0 atom stereocenters. The van der Waals surface area contributed by atoms with E-state index in [4.69, 9.17) is 4.74 Å². The summed E-state index contributed by atoms with van der Waals surface area (Å²) in [5.74, 6) is -1.59. The van der Waals surface area contributed by atoms with Gasteiger partial charge in [-0.05, 0) is 45.4 Å². The topological polar surface area (TPSA) is 84.7 Å². The molecule has 3 rings (SSSR count). The largest absolute Gasteiger partial charge is 0.478 e. The van der Waals surface area contributed by atoms with Gasteiger partial charge < -0.3 is 14.7 Å². The van der Waals surface area contributed by atoms with Crippen LogP contribution in [0, 0.1) is 12.7 Å². The fourth-order valence-electron chi connectivity index (χ4n) is 2.87. The number of carbonyl (C=O) groups is 2. The molecule has 0 spiro atoms. The number of likely N-dealkylation sites (tertiary alicyclic amines) is 1. The Kier molecular flexibility index (Phi) is 4.67. The third-order valence-corrected chi connectivity index (χ3v) is 4.33. The van der Waals surface area contributed by atoms with Crippen molar-refractivity contribution in [2.75, 3.05) is 13.1 Å². The van der Waals surface area contributed by atoms with Gasteiger partial charge in [-0.3, -0.25) is 4.68 Å². The van der Waals surface area contributed by atoms with Gasteiger partial charge in [0, 0.05) is 30.4 Å². The summed E-state index contributed by atoms with van der Waals surface area (Å²) in [7, 11) is 0. The first-order chi connectivity index (χ1) is 12.5.